The SMILES string of the molecule is CC1(C(=O)O)CCCN1C(=O)Cn1c(C(F)(F)F)nc2ccccc21. The molecule has 1 N–H and O–H groups in total. The first-order valence-corrected chi connectivity index (χ1v) is 7.71. The number of nitrogens with zero attached hydrogens (tertiary/aromatic N) is 3. The molecule has 1 fully saturated rings. The van der Waals surface area contributed by atoms with Crippen LogP contribution >= 0.6 is 0 Å². The first-order valence-electron chi connectivity index (χ1n) is 7.71. The molecule has 1 aliphatic heterocycles. The number of amides is 1. The summed E-state index contributed by atoms with van der Waals surface area (Å²) in [5.41, 5.74) is -1.09. The number of hydrogen-bond acceptors (Lipinski definition) is 3. The lowest BCUT2D eigenvalue weighted by molar-refractivity contribution is -0.156. The minimum absolute atomic E-state index is 0.130. The lowest BCUT2D eigenvalue weighted by atomic mass is 9.99. The Bertz CT molecular complexity index is 846. The highest BCUT2D eigenvalue weighted by molar-refractivity contribution is 5.88. The zero-order valence-electron chi connectivity index (χ0n) is 13.4. The summed E-state index contributed by atoms with van der Waals surface area (Å²) in [6.07, 6.45) is -3.96. The van der Waals surface area contributed by atoms with Crippen LogP contribution in [0.5, 0.6) is 0 Å². The van der Waals surface area contributed by atoms with Gasteiger partial charge in [-0.3, -0.25) is 4.79 Å². The minimum atomic E-state index is -4.72. The molecule has 2 heterocycles. The molecule has 6 nitrogen and oxygen atoms in total. The van der Waals surface area contributed by atoms with Gasteiger partial charge in [-0.25, -0.2) is 9.78 Å². The van der Waals surface area contributed by atoms with Crippen LogP contribution in [0.3, 0.4) is 0 Å². The second kappa shape index (κ2) is 5.75. The fraction of sp³-hybridized carbons (Fsp3) is 0.438. The van der Waals surface area contributed by atoms with Gasteiger partial charge in [0.1, 0.15) is 12.1 Å². The van der Waals surface area contributed by atoms with Crippen LogP contribution in [0.25, 0.3) is 11.0 Å². The van der Waals surface area contributed by atoms with E-state index in [1.165, 1.54) is 19.1 Å². The molecule has 1 aromatic heterocycles. The summed E-state index contributed by atoms with van der Waals surface area (Å²) in [6, 6.07) is 6.00. The van der Waals surface area contributed by atoms with Crippen molar-refractivity contribution in [1.82, 2.24) is 14.5 Å². The molecule has 134 valence electrons. The number of carbonyl (C=O) groups excluding carboxylic acids is 1. The van der Waals surface area contributed by atoms with Crippen molar-refractivity contribution < 1.29 is 27.9 Å². The Morgan fingerprint density at radius 1 is 1.32 bits per heavy atom. The van der Waals surface area contributed by atoms with E-state index < -0.39 is 36.0 Å². The number of alkyl halides is 3. The Morgan fingerprint density at radius 2 is 2.00 bits per heavy atom. The smallest absolute Gasteiger partial charge is 0.449 e. The molecule has 1 atom stereocenters. The van der Waals surface area contributed by atoms with Gasteiger partial charge < -0.3 is 14.6 Å². The van der Waals surface area contributed by atoms with E-state index in [1.807, 2.05) is 0 Å². The number of imidazole rings is 1. The summed E-state index contributed by atoms with van der Waals surface area (Å²) >= 11 is 0. The molecule has 2 aromatic rings. The molecule has 3 rings (SSSR count). The van der Waals surface area contributed by atoms with Crippen molar-refractivity contribution in [2.24, 2.45) is 0 Å². The van der Waals surface area contributed by atoms with Crippen LogP contribution in [0.2, 0.25) is 0 Å². The third-order valence-corrected chi connectivity index (χ3v) is 4.60. The Kier molecular flexibility index (Phi) is 3.97. The zero-order valence-corrected chi connectivity index (χ0v) is 13.4. The molecule has 9 heteroatoms. The molecule has 0 radical (unpaired) electrons. The maximum absolute atomic E-state index is 13.3. The fourth-order valence-electron chi connectivity index (χ4n) is 3.26. The average molecular weight is 355 g/mol. The largest absolute Gasteiger partial charge is 0.480 e. The van der Waals surface area contributed by atoms with Crippen LogP contribution in [0.1, 0.15) is 25.6 Å². The topological polar surface area (TPSA) is 75.4 Å². The number of fused-ring (bicyclic) bond motifs is 1. The fourth-order valence-corrected chi connectivity index (χ4v) is 3.26. The van der Waals surface area contributed by atoms with Crippen molar-refractivity contribution in [2.75, 3.05) is 6.54 Å². The summed E-state index contributed by atoms with van der Waals surface area (Å²) in [4.78, 5) is 28.8. The molecule has 1 saturated heterocycles. The van der Waals surface area contributed by atoms with Crippen molar-refractivity contribution in [1.29, 1.82) is 0 Å². The lowest BCUT2D eigenvalue weighted by Gasteiger charge is -2.31. The molecule has 0 spiro atoms. The Labute approximate surface area is 140 Å². The summed E-state index contributed by atoms with van der Waals surface area (Å²) in [6.45, 7) is 1.00. The minimum Gasteiger partial charge on any atom is -0.480 e. The van der Waals surface area contributed by atoms with E-state index in [9.17, 15) is 27.9 Å². The van der Waals surface area contributed by atoms with Gasteiger partial charge in [0.15, 0.2) is 0 Å². The van der Waals surface area contributed by atoms with E-state index in [1.54, 1.807) is 12.1 Å². The second-order valence-corrected chi connectivity index (χ2v) is 6.24. The molecule has 1 aliphatic rings. The van der Waals surface area contributed by atoms with Gasteiger partial charge >= 0.3 is 12.1 Å². The molecular weight excluding hydrogens is 339 g/mol. The number of rotatable bonds is 3. The van der Waals surface area contributed by atoms with Crippen molar-refractivity contribution >= 4 is 22.9 Å². The van der Waals surface area contributed by atoms with Crippen LogP contribution in [-0.2, 0) is 22.3 Å². The highest BCUT2D eigenvalue weighted by atomic mass is 19.4. The number of likely N-dealkylation sites (tertiary alicyclic amines) is 1. The maximum Gasteiger partial charge on any atom is 0.449 e. The number of aliphatic carboxylic acids is 1. The van der Waals surface area contributed by atoms with Crippen LogP contribution in [0, 0.1) is 0 Å². The van der Waals surface area contributed by atoms with Crippen molar-refractivity contribution in [3.63, 3.8) is 0 Å². The van der Waals surface area contributed by atoms with E-state index in [0.717, 1.165) is 9.47 Å². The summed E-state index contributed by atoms with van der Waals surface area (Å²) in [7, 11) is 0. The predicted molar refractivity (Wildman–Crippen MR) is 81.7 cm³/mol. The monoisotopic (exact) mass is 355 g/mol. The summed E-state index contributed by atoms with van der Waals surface area (Å²) in [5, 5.41) is 9.38. The number of para-hydroxylation sites is 2. The molecule has 0 bridgehead atoms. The predicted octanol–water partition coefficient (Wildman–Crippen LogP) is 2.52. The number of halogens is 3. The maximum atomic E-state index is 13.3. The molecule has 25 heavy (non-hydrogen) atoms. The van der Waals surface area contributed by atoms with Gasteiger partial charge in [0.05, 0.1) is 11.0 Å². The van der Waals surface area contributed by atoms with Crippen LogP contribution in [0.15, 0.2) is 24.3 Å². The highest BCUT2D eigenvalue weighted by Crippen LogP contribution is 2.33. The standard InChI is InChI=1S/C16H16F3N3O3/c1-15(14(24)25)7-4-8-22(15)12(23)9-21-11-6-3-2-5-10(11)20-13(21)16(17,18)19/h2-3,5-6H,4,7-9H2,1H3,(H,24,25). The Balaban J connectivity index is 2.00. The number of carboxylic acids is 1. The van der Waals surface area contributed by atoms with Crippen molar-refractivity contribution in [3.05, 3.63) is 30.1 Å². The van der Waals surface area contributed by atoms with E-state index in [2.05, 4.69) is 4.98 Å². The average Bonchev–Trinajstić information content (AvgIpc) is 3.09. The van der Waals surface area contributed by atoms with Gasteiger partial charge in [0.2, 0.25) is 11.7 Å². The molecule has 1 amide bonds. The number of aromatic nitrogens is 2. The zero-order chi connectivity index (χ0) is 18.4. The lowest BCUT2D eigenvalue weighted by Crippen LogP contribution is -2.51. The van der Waals surface area contributed by atoms with Crippen LogP contribution in [-0.4, -0.2) is 43.5 Å². The Morgan fingerprint density at radius 3 is 2.64 bits per heavy atom. The van der Waals surface area contributed by atoms with E-state index in [-0.39, 0.29) is 24.0 Å². The third kappa shape index (κ3) is 2.83. The first-order chi connectivity index (χ1) is 11.6. The third-order valence-electron chi connectivity index (χ3n) is 4.60. The number of carboxylic acid groups (broad SMARTS) is 1. The van der Waals surface area contributed by atoms with Gasteiger partial charge in [-0.15, -0.1) is 0 Å². The van der Waals surface area contributed by atoms with Gasteiger partial charge in [0, 0.05) is 6.54 Å². The van der Waals surface area contributed by atoms with Gasteiger partial charge in [0.25, 0.3) is 0 Å². The normalized spacial score (nSPS) is 21.0. The van der Waals surface area contributed by atoms with E-state index in [0.29, 0.717) is 6.42 Å². The number of benzene rings is 1. The van der Waals surface area contributed by atoms with E-state index >= 15 is 0 Å². The highest BCUT2D eigenvalue weighted by Gasteiger charge is 2.46. The van der Waals surface area contributed by atoms with Crippen molar-refractivity contribution in [3.8, 4) is 0 Å². The Hall–Kier alpha value is -2.58. The molecule has 0 saturated carbocycles. The first kappa shape index (κ1) is 17.2. The van der Waals surface area contributed by atoms with Crippen LogP contribution < -0.4 is 0 Å². The van der Waals surface area contributed by atoms with Gasteiger partial charge in [-0.1, -0.05) is 12.1 Å². The van der Waals surface area contributed by atoms with Gasteiger partial charge in [-0.05, 0) is 31.9 Å². The molecular formula is C16H16F3N3O3. The van der Waals surface area contributed by atoms with Crippen LogP contribution in [0.4, 0.5) is 13.2 Å². The number of carbonyl (C=O) groups is 2. The summed E-state index contributed by atoms with van der Waals surface area (Å²) in [5.74, 6) is -3.00. The molecule has 0 aliphatic carbocycles. The quantitative estimate of drug-likeness (QED) is 0.918. The molecule has 1 aromatic carbocycles. The second-order valence-electron chi connectivity index (χ2n) is 6.24. The van der Waals surface area contributed by atoms with Gasteiger partial charge in [-0.2, -0.15) is 13.2 Å². The number of hydrogen-bond donors (Lipinski definition) is 1. The summed E-state index contributed by atoms with van der Waals surface area (Å²) < 4.78 is 40.7. The van der Waals surface area contributed by atoms with Crippen molar-refractivity contribution in [2.45, 2.75) is 38.0 Å². The van der Waals surface area contributed by atoms with E-state index in [4.69, 9.17) is 0 Å². The molecule has 1 unspecified atom stereocenters.